The highest BCUT2D eigenvalue weighted by Gasteiger charge is 2.33. The molecule has 0 aromatic heterocycles. The highest BCUT2D eigenvalue weighted by molar-refractivity contribution is 5.76. The van der Waals surface area contributed by atoms with E-state index in [0.29, 0.717) is 11.3 Å². The summed E-state index contributed by atoms with van der Waals surface area (Å²) >= 11 is 0. The zero-order chi connectivity index (χ0) is 13.2. The summed E-state index contributed by atoms with van der Waals surface area (Å²) in [6, 6.07) is 4.58. The van der Waals surface area contributed by atoms with Crippen molar-refractivity contribution in [1.82, 2.24) is 0 Å². The average molecular weight is 264 g/mol. The number of aromatic hydroxyl groups is 1. The fraction of sp³-hybridized carbons (Fsp3) is 0.500. The molecule has 2 aliphatic rings. The minimum Gasteiger partial charge on any atom is -0.504 e. The molecule has 3 rings (SSSR count). The third-order valence-corrected chi connectivity index (χ3v) is 3.27. The zero-order valence-corrected chi connectivity index (χ0v) is 10.5. The fourth-order valence-corrected chi connectivity index (χ4v) is 2.07. The molecule has 5 heteroatoms. The molecule has 0 saturated carbocycles. The lowest BCUT2D eigenvalue weighted by Gasteiger charge is -2.18. The molecule has 2 aliphatic heterocycles. The van der Waals surface area contributed by atoms with E-state index in [9.17, 15) is 9.90 Å². The molecule has 0 aliphatic carbocycles. The van der Waals surface area contributed by atoms with Crippen LogP contribution in [0.1, 0.15) is 23.2 Å². The average Bonchev–Trinajstić information content (AvgIpc) is 3.28. The zero-order valence-electron chi connectivity index (χ0n) is 10.5. The van der Waals surface area contributed by atoms with Crippen molar-refractivity contribution in [2.45, 2.75) is 31.2 Å². The molecule has 1 aromatic carbocycles. The smallest absolute Gasteiger partial charge is 0.162 e. The van der Waals surface area contributed by atoms with Gasteiger partial charge >= 0.3 is 0 Å². The molecule has 1 aromatic rings. The number of aldehydes is 1. The molecule has 102 valence electrons. The van der Waals surface area contributed by atoms with Crippen LogP contribution in [0.5, 0.6) is 11.5 Å². The molecule has 2 atom stereocenters. The molecule has 5 nitrogen and oxygen atoms in total. The largest absolute Gasteiger partial charge is 0.504 e. The predicted molar refractivity (Wildman–Crippen MR) is 66.6 cm³/mol. The van der Waals surface area contributed by atoms with Gasteiger partial charge < -0.3 is 19.3 Å². The lowest BCUT2D eigenvalue weighted by Crippen LogP contribution is -2.21. The van der Waals surface area contributed by atoms with Crippen molar-refractivity contribution in [3.63, 3.8) is 0 Å². The molecular weight excluding hydrogens is 248 g/mol. The lowest BCUT2D eigenvalue weighted by molar-refractivity contribution is 0.112. The second-order valence-corrected chi connectivity index (χ2v) is 4.97. The van der Waals surface area contributed by atoms with Crippen LogP contribution < -0.4 is 4.74 Å². The molecule has 2 unspecified atom stereocenters. The maximum atomic E-state index is 10.8. The second kappa shape index (κ2) is 5.19. The maximum Gasteiger partial charge on any atom is 0.162 e. The maximum absolute atomic E-state index is 10.8. The van der Waals surface area contributed by atoms with Crippen LogP contribution in [0.2, 0.25) is 0 Å². The molecular formula is C14H16O5. The number of hydrogen-bond donors (Lipinski definition) is 1. The quantitative estimate of drug-likeness (QED) is 0.597. The lowest BCUT2D eigenvalue weighted by atomic mass is 10.1. The summed E-state index contributed by atoms with van der Waals surface area (Å²) in [5.74, 6) is 0.389. The van der Waals surface area contributed by atoms with Gasteiger partial charge in [0.2, 0.25) is 0 Å². The van der Waals surface area contributed by atoms with E-state index in [1.165, 1.54) is 6.07 Å². The Morgan fingerprint density at radius 3 is 2.47 bits per heavy atom. The Labute approximate surface area is 111 Å². The molecule has 0 radical (unpaired) electrons. The van der Waals surface area contributed by atoms with Crippen LogP contribution in [0, 0.1) is 0 Å². The van der Waals surface area contributed by atoms with Crippen LogP contribution in [0.3, 0.4) is 0 Å². The highest BCUT2D eigenvalue weighted by Crippen LogP contribution is 2.31. The predicted octanol–water partition coefficient (Wildman–Crippen LogP) is 1.53. The van der Waals surface area contributed by atoms with Gasteiger partial charge in [-0.05, 0) is 18.2 Å². The number of phenols is 1. The number of benzene rings is 1. The summed E-state index contributed by atoms with van der Waals surface area (Å²) in [5, 5.41) is 9.78. The van der Waals surface area contributed by atoms with Gasteiger partial charge in [-0.1, -0.05) is 0 Å². The van der Waals surface area contributed by atoms with E-state index in [4.69, 9.17) is 14.2 Å². The van der Waals surface area contributed by atoms with Crippen LogP contribution in [-0.4, -0.2) is 42.9 Å². The third kappa shape index (κ3) is 3.45. The van der Waals surface area contributed by atoms with Gasteiger partial charge in [-0.3, -0.25) is 4.79 Å². The van der Waals surface area contributed by atoms with Gasteiger partial charge in [0.1, 0.15) is 12.4 Å². The van der Waals surface area contributed by atoms with E-state index < -0.39 is 0 Å². The summed E-state index contributed by atoms with van der Waals surface area (Å²) in [4.78, 5) is 10.8. The van der Waals surface area contributed by atoms with Crippen molar-refractivity contribution in [3.05, 3.63) is 23.8 Å². The molecule has 2 fully saturated rings. The van der Waals surface area contributed by atoms with Gasteiger partial charge in [0.05, 0.1) is 25.4 Å². The van der Waals surface area contributed by atoms with E-state index in [1.807, 2.05) is 0 Å². The number of ether oxygens (including phenoxy) is 3. The number of hydrogen-bond acceptors (Lipinski definition) is 5. The number of phenolic OH excluding ortho intramolecular Hbond substituents is 1. The van der Waals surface area contributed by atoms with Crippen molar-refractivity contribution in [2.24, 2.45) is 0 Å². The summed E-state index contributed by atoms with van der Waals surface area (Å²) in [7, 11) is 0. The Kier molecular flexibility index (Phi) is 3.40. The molecule has 2 saturated heterocycles. The topological polar surface area (TPSA) is 71.6 Å². The Balaban J connectivity index is 1.69. The first kappa shape index (κ1) is 12.4. The minimum absolute atomic E-state index is 0.0454. The van der Waals surface area contributed by atoms with E-state index >= 15 is 0 Å². The van der Waals surface area contributed by atoms with E-state index in [1.54, 1.807) is 12.1 Å². The molecule has 1 N–H and O–H groups in total. The molecule has 2 heterocycles. The first-order valence-electron chi connectivity index (χ1n) is 6.42. The SMILES string of the molecule is O=Cc1ccc(O)c(OC(CC2CO2)CC2CO2)c1. The first-order chi connectivity index (χ1) is 9.24. The molecule has 19 heavy (non-hydrogen) atoms. The monoisotopic (exact) mass is 264 g/mol. The van der Waals surface area contributed by atoms with Crippen LogP contribution in [0.15, 0.2) is 18.2 Å². The van der Waals surface area contributed by atoms with Crippen LogP contribution in [-0.2, 0) is 9.47 Å². The van der Waals surface area contributed by atoms with Crippen LogP contribution >= 0.6 is 0 Å². The van der Waals surface area contributed by atoms with Crippen molar-refractivity contribution >= 4 is 6.29 Å². The Bertz CT molecular complexity index is 451. The Morgan fingerprint density at radius 2 is 1.95 bits per heavy atom. The fourth-order valence-electron chi connectivity index (χ4n) is 2.07. The van der Waals surface area contributed by atoms with Crippen molar-refractivity contribution in [2.75, 3.05) is 13.2 Å². The number of carbonyl (C=O) groups is 1. The number of epoxide rings is 2. The Morgan fingerprint density at radius 1 is 1.32 bits per heavy atom. The number of carbonyl (C=O) groups excluding carboxylic acids is 1. The number of rotatable bonds is 7. The van der Waals surface area contributed by atoms with E-state index in [-0.39, 0.29) is 24.1 Å². The molecule has 0 spiro atoms. The van der Waals surface area contributed by atoms with Gasteiger partial charge in [0.15, 0.2) is 11.5 Å². The highest BCUT2D eigenvalue weighted by atomic mass is 16.6. The van der Waals surface area contributed by atoms with E-state index in [2.05, 4.69) is 0 Å². The summed E-state index contributed by atoms with van der Waals surface area (Å²) in [5.41, 5.74) is 0.483. The summed E-state index contributed by atoms with van der Waals surface area (Å²) in [6.07, 6.45) is 2.73. The van der Waals surface area contributed by atoms with E-state index in [0.717, 1.165) is 32.3 Å². The summed E-state index contributed by atoms with van der Waals surface area (Å²) < 4.78 is 16.2. The third-order valence-electron chi connectivity index (χ3n) is 3.27. The van der Waals surface area contributed by atoms with Gasteiger partial charge in [-0.25, -0.2) is 0 Å². The first-order valence-corrected chi connectivity index (χ1v) is 6.42. The standard InChI is InChI=1S/C14H16O5/c15-6-9-1-2-13(16)14(3-9)19-10(4-11-7-17-11)5-12-8-18-12/h1-3,6,10-12,16H,4-5,7-8H2. The van der Waals surface area contributed by atoms with Gasteiger partial charge in [-0.2, -0.15) is 0 Å². The Hall–Kier alpha value is -1.59. The van der Waals surface area contributed by atoms with Crippen molar-refractivity contribution < 1.29 is 24.1 Å². The van der Waals surface area contributed by atoms with Crippen molar-refractivity contribution in [1.29, 1.82) is 0 Å². The van der Waals surface area contributed by atoms with Gasteiger partial charge in [-0.15, -0.1) is 0 Å². The van der Waals surface area contributed by atoms with Gasteiger partial charge in [0.25, 0.3) is 0 Å². The van der Waals surface area contributed by atoms with Crippen LogP contribution in [0.25, 0.3) is 0 Å². The summed E-state index contributed by atoms with van der Waals surface area (Å²) in [6.45, 7) is 1.54. The van der Waals surface area contributed by atoms with Gasteiger partial charge in [0, 0.05) is 18.4 Å². The minimum atomic E-state index is -0.0622. The molecule has 0 bridgehead atoms. The molecule has 0 amide bonds. The normalized spacial score (nSPS) is 25.7. The van der Waals surface area contributed by atoms with Crippen molar-refractivity contribution in [3.8, 4) is 11.5 Å². The van der Waals surface area contributed by atoms with Crippen LogP contribution in [0.4, 0.5) is 0 Å². The second-order valence-electron chi connectivity index (χ2n) is 4.97.